The Morgan fingerprint density at radius 1 is 1.40 bits per heavy atom. The smallest absolute Gasteiger partial charge is 0.0898 e. The van der Waals surface area contributed by atoms with Gasteiger partial charge in [0.05, 0.1) is 24.9 Å². The van der Waals surface area contributed by atoms with E-state index in [0.29, 0.717) is 0 Å². The highest BCUT2D eigenvalue weighted by Gasteiger charge is 2.20. The lowest BCUT2D eigenvalue weighted by molar-refractivity contribution is -0.0293. The van der Waals surface area contributed by atoms with Gasteiger partial charge in [0.2, 0.25) is 0 Å². The molecule has 0 amide bonds. The van der Waals surface area contributed by atoms with Crippen molar-refractivity contribution in [2.75, 3.05) is 33.3 Å². The molecule has 20 heavy (non-hydrogen) atoms. The summed E-state index contributed by atoms with van der Waals surface area (Å²) in [5, 5.41) is 8.15. The fourth-order valence-corrected chi connectivity index (χ4v) is 2.73. The Balaban J connectivity index is 1.99. The van der Waals surface area contributed by atoms with Gasteiger partial charge in [0.15, 0.2) is 0 Å². The van der Waals surface area contributed by atoms with Crippen LogP contribution in [-0.4, -0.2) is 54.1 Å². The maximum atomic E-state index is 5.84. The predicted molar refractivity (Wildman–Crippen MR) is 80.9 cm³/mol. The van der Waals surface area contributed by atoms with Gasteiger partial charge in [-0.1, -0.05) is 6.92 Å². The van der Waals surface area contributed by atoms with Crippen LogP contribution in [0.4, 0.5) is 0 Å². The lowest BCUT2D eigenvalue weighted by Crippen LogP contribution is -2.42. The molecule has 0 aromatic carbocycles. The second kappa shape index (κ2) is 7.20. The van der Waals surface area contributed by atoms with Crippen molar-refractivity contribution in [1.82, 2.24) is 20.0 Å². The molecule has 1 aromatic heterocycles. The molecule has 2 rings (SSSR count). The molecule has 1 aromatic rings. The van der Waals surface area contributed by atoms with Crippen LogP contribution < -0.4 is 5.32 Å². The Morgan fingerprint density at radius 2 is 2.20 bits per heavy atom. The summed E-state index contributed by atoms with van der Waals surface area (Å²) in [6.45, 7) is 12.1. The van der Waals surface area contributed by atoms with Crippen molar-refractivity contribution in [1.29, 1.82) is 0 Å². The van der Waals surface area contributed by atoms with Crippen LogP contribution in [-0.2, 0) is 17.8 Å². The van der Waals surface area contributed by atoms with Crippen LogP contribution in [0.25, 0.3) is 0 Å². The summed E-state index contributed by atoms with van der Waals surface area (Å²) in [6.07, 6.45) is 1.41. The number of hydrogen-bond acceptors (Lipinski definition) is 4. The third-order valence-electron chi connectivity index (χ3n) is 3.98. The van der Waals surface area contributed by atoms with Crippen molar-refractivity contribution in [3.05, 3.63) is 17.0 Å². The summed E-state index contributed by atoms with van der Waals surface area (Å²) in [4.78, 5) is 2.32. The quantitative estimate of drug-likeness (QED) is 0.798. The van der Waals surface area contributed by atoms with Crippen molar-refractivity contribution < 1.29 is 4.74 Å². The number of likely N-dealkylation sites (N-methyl/N-ethyl adjacent to an activating group) is 1. The van der Waals surface area contributed by atoms with Gasteiger partial charge in [-0.2, -0.15) is 5.10 Å². The number of ether oxygens (including phenoxy) is 1. The van der Waals surface area contributed by atoms with Crippen molar-refractivity contribution >= 4 is 0 Å². The van der Waals surface area contributed by atoms with E-state index in [4.69, 9.17) is 4.74 Å². The summed E-state index contributed by atoms with van der Waals surface area (Å²) < 4.78 is 7.95. The van der Waals surface area contributed by atoms with E-state index in [1.807, 2.05) is 0 Å². The van der Waals surface area contributed by atoms with Crippen LogP contribution in [0.3, 0.4) is 0 Å². The second-order valence-corrected chi connectivity index (χ2v) is 5.76. The van der Waals surface area contributed by atoms with Crippen LogP contribution in [0, 0.1) is 13.8 Å². The van der Waals surface area contributed by atoms with Crippen molar-refractivity contribution in [2.24, 2.45) is 0 Å². The molecule has 114 valence electrons. The molecule has 5 nitrogen and oxygen atoms in total. The van der Waals surface area contributed by atoms with E-state index in [1.165, 1.54) is 11.3 Å². The zero-order valence-corrected chi connectivity index (χ0v) is 13.3. The van der Waals surface area contributed by atoms with Crippen LogP contribution >= 0.6 is 0 Å². The Bertz CT molecular complexity index is 430. The largest absolute Gasteiger partial charge is 0.374 e. The lowest BCUT2D eigenvalue weighted by Gasteiger charge is -2.30. The molecule has 1 unspecified atom stereocenters. The Kier molecular flexibility index (Phi) is 5.57. The van der Waals surface area contributed by atoms with Gasteiger partial charge in [-0.25, -0.2) is 0 Å². The molecule has 0 saturated carbocycles. The molecule has 1 fully saturated rings. The van der Waals surface area contributed by atoms with Gasteiger partial charge in [0.25, 0.3) is 0 Å². The first-order chi connectivity index (χ1) is 9.61. The highest BCUT2D eigenvalue weighted by atomic mass is 16.5. The van der Waals surface area contributed by atoms with Crippen LogP contribution in [0.15, 0.2) is 0 Å². The van der Waals surface area contributed by atoms with Crippen molar-refractivity contribution in [2.45, 2.75) is 46.4 Å². The minimum atomic E-state index is 0.253. The number of rotatable bonds is 6. The van der Waals surface area contributed by atoms with Crippen LogP contribution in [0.1, 0.15) is 30.3 Å². The highest BCUT2D eigenvalue weighted by Crippen LogP contribution is 2.15. The predicted octanol–water partition coefficient (Wildman–Crippen LogP) is 1.33. The maximum absolute atomic E-state index is 5.84. The van der Waals surface area contributed by atoms with Gasteiger partial charge in [-0.15, -0.1) is 0 Å². The minimum absolute atomic E-state index is 0.253. The lowest BCUT2D eigenvalue weighted by atomic mass is 10.2. The number of morpholine rings is 1. The Morgan fingerprint density at radius 3 is 2.90 bits per heavy atom. The van der Waals surface area contributed by atoms with Gasteiger partial charge in [-0.05, 0) is 33.9 Å². The topological polar surface area (TPSA) is 42.3 Å². The molecule has 1 aliphatic heterocycles. The van der Waals surface area contributed by atoms with Crippen molar-refractivity contribution in [3.8, 4) is 0 Å². The van der Waals surface area contributed by atoms with Crippen molar-refractivity contribution in [3.63, 3.8) is 0 Å². The number of nitrogens with one attached hydrogen (secondary N) is 1. The second-order valence-electron chi connectivity index (χ2n) is 5.76. The van der Waals surface area contributed by atoms with E-state index >= 15 is 0 Å². The molecule has 0 spiro atoms. The number of nitrogens with zero attached hydrogens (tertiary/aromatic N) is 3. The third kappa shape index (κ3) is 3.81. The van der Waals surface area contributed by atoms with E-state index in [1.54, 1.807) is 0 Å². The summed E-state index contributed by atoms with van der Waals surface area (Å²) in [7, 11) is 2.15. The maximum Gasteiger partial charge on any atom is 0.0898 e. The molecule has 0 bridgehead atoms. The zero-order chi connectivity index (χ0) is 14.5. The normalized spacial score (nSPS) is 20.5. The van der Waals surface area contributed by atoms with Gasteiger partial charge in [-0.3, -0.25) is 4.68 Å². The van der Waals surface area contributed by atoms with Crippen LogP contribution in [0.5, 0.6) is 0 Å². The zero-order valence-electron chi connectivity index (χ0n) is 13.3. The van der Waals surface area contributed by atoms with E-state index in [-0.39, 0.29) is 6.10 Å². The van der Waals surface area contributed by atoms with E-state index < -0.39 is 0 Å². The summed E-state index contributed by atoms with van der Waals surface area (Å²) >= 11 is 0. The molecule has 2 heterocycles. The highest BCUT2D eigenvalue weighted by molar-refractivity contribution is 5.24. The fraction of sp³-hybridized carbons (Fsp3) is 0.800. The summed E-state index contributed by atoms with van der Waals surface area (Å²) in [5.41, 5.74) is 3.74. The molecule has 0 aliphatic carbocycles. The SMILES string of the molecule is CCCNCc1c(C)nn(CC2CN(C)CCO2)c1C. The Labute approximate surface area is 122 Å². The molecule has 1 aliphatic rings. The van der Waals surface area contributed by atoms with E-state index in [9.17, 15) is 0 Å². The molecular weight excluding hydrogens is 252 g/mol. The average Bonchev–Trinajstić information content (AvgIpc) is 2.66. The molecule has 5 heteroatoms. The average molecular weight is 280 g/mol. The standard InChI is InChI=1S/C15H28N4O/c1-5-6-16-9-15-12(2)17-19(13(15)3)11-14-10-18(4)7-8-20-14/h14,16H,5-11H2,1-4H3. The first-order valence-electron chi connectivity index (χ1n) is 7.65. The summed E-state index contributed by atoms with van der Waals surface area (Å²) in [5.74, 6) is 0. The molecule has 1 N–H and O–H groups in total. The Hall–Kier alpha value is -0.910. The number of hydrogen-bond donors (Lipinski definition) is 1. The molecule has 0 radical (unpaired) electrons. The van der Waals surface area contributed by atoms with Gasteiger partial charge in [0.1, 0.15) is 0 Å². The summed E-state index contributed by atoms with van der Waals surface area (Å²) in [6, 6.07) is 0. The minimum Gasteiger partial charge on any atom is -0.374 e. The molecule has 1 saturated heterocycles. The fourth-order valence-electron chi connectivity index (χ4n) is 2.73. The van der Waals surface area contributed by atoms with Crippen LogP contribution in [0.2, 0.25) is 0 Å². The monoisotopic (exact) mass is 280 g/mol. The number of aromatic nitrogens is 2. The van der Waals surface area contributed by atoms with Gasteiger partial charge < -0.3 is 15.0 Å². The van der Waals surface area contributed by atoms with Gasteiger partial charge in [0, 0.05) is 30.9 Å². The van der Waals surface area contributed by atoms with Gasteiger partial charge >= 0.3 is 0 Å². The molecular formula is C15H28N4O. The number of aryl methyl sites for hydroxylation is 1. The molecule has 1 atom stereocenters. The van der Waals surface area contributed by atoms with E-state index in [2.05, 4.69) is 47.8 Å². The first-order valence-corrected chi connectivity index (χ1v) is 7.65. The van der Waals surface area contributed by atoms with E-state index in [0.717, 1.165) is 51.4 Å². The third-order valence-corrected chi connectivity index (χ3v) is 3.98. The first kappa shape index (κ1) is 15.5.